The fourth-order valence-electron chi connectivity index (χ4n) is 3.19. The minimum atomic E-state index is -0.266. The Bertz CT molecular complexity index is 982. The highest BCUT2D eigenvalue weighted by atomic mass is 19.1. The molecule has 0 unspecified atom stereocenters. The summed E-state index contributed by atoms with van der Waals surface area (Å²) in [5.74, 6) is 2.16. The Labute approximate surface area is 180 Å². The number of nitrogens with one attached hydrogen (secondary N) is 3. The molecule has 0 spiro atoms. The van der Waals surface area contributed by atoms with Gasteiger partial charge < -0.3 is 20.4 Å². The lowest BCUT2D eigenvalue weighted by molar-refractivity contribution is 0.0174. The van der Waals surface area contributed by atoms with E-state index >= 15 is 0 Å². The number of hydrogen-bond donors (Lipinski definition) is 3. The molecule has 3 heterocycles. The maximum atomic E-state index is 13.2. The highest BCUT2D eigenvalue weighted by molar-refractivity contribution is 5.60. The summed E-state index contributed by atoms with van der Waals surface area (Å²) in [6.07, 6.45) is 4.85. The van der Waals surface area contributed by atoms with Gasteiger partial charge in [-0.3, -0.25) is 4.98 Å². The molecule has 2 aromatic heterocycles. The van der Waals surface area contributed by atoms with Crippen LogP contribution in [0.5, 0.6) is 0 Å². The average molecular weight is 424 g/mol. The van der Waals surface area contributed by atoms with E-state index in [0.29, 0.717) is 24.2 Å². The van der Waals surface area contributed by atoms with Crippen molar-refractivity contribution >= 4 is 23.4 Å². The second-order valence-corrected chi connectivity index (χ2v) is 7.22. The van der Waals surface area contributed by atoms with Gasteiger partial charge >= 0.3 is 0 Å². The van der Waals surface area contributed by atoms with Crippen molar-refractivity contribution in [1.29, 1.82) is 0 Å². The fourth-order valence-corrected chi connectivity index (χ4v) is 3.19. The van der Waals surface area contributed by atoms with Crippen LogP contribution in [0, 0.1) is 5.82 Å². The lowest BCUT2D eigenvalue weighted by Gasteiger charge is -2.40. The number of hydrogen-bond acceptors (Lipinski definition) is 9. The molecule has 0 amide bonds. The Morgan fingerprint density at radius 1 is 1.16 bits per heavy atom. The summed E-state index contributed by atoms with van der Waals surface area (Å²) in [4.78, 5) is 25.0. The van der Waals surface area contributed by atoms with Crippen LogP contribution in [0.25, 0.3) is 0 Å². The monoisotopic (exact) mass is 424 g/mol. The molecule has 1 atom stereocenters. The van der Waals surface area contributed by atoms with Gasteiger partial charge in [0.25, 0.3) is 0 Å². The summed E-state index contributed by atoms with van der Waals surface area (Å²) in [5.41, 5.74) is 3.96. The van der Waals surface area contributed by atoms with Crippen LogP contribution in [0.4, 0.5) is 27.8 Å². The molecule has 3 aromatic rings. The molecule has 0 bridgehead atoms. The predicted molar refractivity (Wildman–Crippen MR) is 117 cm³/mol. The summed E-state index contributed by atoms with van der Waals surface area (Å²) in [6.45, 7) is 6.08. The summed E-state index contributed by atoms with van der Waals surface area (Å²) < 4.78 is 13.2. The van der Waals surface area contributed by atoms with E-state index in [1.807, 2.05) is 19.9 Å². The number of aromatic nitrogens is 4. The van der Waals surface area contributed by atoms with Crippen molar-refractivity contribution in [1.82, 2.24) is 25.4 Å². The molecule has 1 saturated heterocycles. The van der Waals surface area contributed by atoms with E-state index < -0.39 is 0 Å². The van der Waals surface area contributed by atoms with Gasteiger partial charge in [-0.2, -0.15) is 15.4 Å². The zero-order valence-corrected chi connectivity index (χ0v) is 17.4. The van der Waals surface area contributed by atoms with E-state index in [1.54, 1.807) is 30.7 Å². The Hall–Kier alpha value is -3.37. The van der Waals surface area contributed by atoms with Crippen LogP contribution in [-0.4, -0.2) is 45.7 Å². The van der Waals surface area contributed by atoms with Gasteiger partial charge in [0.05, 0.1) is 24.9 Å². The second kappa shape index (κ2) is 9.63. The Morgan fingerprint density at radius 3 is 2.68 bits per heavy atom. The minimum absolute atomic E-state index is 0.107. The molecule has 1 aliphatic heterocycles. The number of rotatable bonds is 9. The van der Waals surface area contributed by atoms with E-state index in [-0.39, 0.29) is 17.9 Å². The number of nitrogens with zero attached hydrogens (tertiary/aromatic N) is 5. The van der Waals surface area contributed by atoms with Crippen LogP contribution in [-0.2, 0) is 4.84 Å². The molecule has 10 heteroatoms. The molecule has 1 fully saturated rings. The van der Waals surface area contributed by atoms with Gasteiger partial charge in [0.15, 0.2) is 0 Å². The third-order valence-corrected chi connectivity index (χ3v) is 4.85. The SMILES string of the molecule is CCONC1CN(c2cc(Nc3cnccn3)nc(N[C@@H](C)c3ccc(F)cc3)n2)C1. The maximum absolute atomic E-state index is 13.2. The number of hydroxylamine groups is 1. The van der Waals surface area contributed by atoms with Gasteiger partial charge in [-0.1, -0.05) is 12.1 Å². The molecular formula is C21H25FN8O. The number of benzene rings is 1. The van der Waals surface area contributed by atoms with Gasteiger partial charge in [0.1, 0.15) is 23.3 Å². The third-order valence-electron chi connectivity index (χ3n) is 4.85. The number of halogens is 1. The molecular weight excluding hydrogens is 399 g/mol. The Kier molecular flexibility index (Phi) is 6.48. The molecule has 31 heavy (non-hydrogen) atoms. The molecule has 0 radical (unpaired) electrons. The number of anilines is 4. The maximum Gasteiger partial charge on any atom is 0.227 e. The average Bonchev–Trinajstić information content (AvgIpc) is 2.74. The topological polar surface area (TPSA) is 100 Å². The van der Waals surface area contributed by atoms with Crippen molar-refractivity contribution in [2.24, 2.45) is 0 Å². The van der Waals surface area contributed by atoms with Crippen LogP contribution in [0.1, 0.15) is 25.5 Å². The summed E-state index contributed by atoms with van der Waals surface area (Å²) in [5, 5.41) is 6.48. The second-order valence-electron chi connectivity index (χ2n) is 7.22. The Morgan fingerprint density at radius 2 is 1.97 bits per heavy atom. The normalized spacial score (nSPS) is 14.7. The highest BCUT2D eigenvalue weighted by Gasteiger charge is 2.28. The van der Waals surface area contributed by atoms with Gasteiger partial charge in [-0.25, -0.2) is 9.37 Å². The van der Waals surface area contributed by atoms with Gasteiger partial charge in [0.2, 0.25) is 5.95 Å². The van der Waals surface area contributed by atoms with Crippen LogP contribution in [0.3, 0.4) is 0 Å². The van der Waals surface area contributed by atoms with Crippen LogP contribution >= 0.6 is 0 Å². The molecule has 0 aliphatic carbocycles. The summed E-state index contributed by atoms with van der Waals surface area (Å²) >= 11 is 0. The Balaban J connectivity index is 1.53. The van der Waals surface area contributed by atoms with Crippen LogP contribution in [0.2, 0.25) is 0 Å². The van der Waals surface area contributed by atoms with E-state index in [2.05, 4.69) is 40.9 Å². The molecule has 0 saturated carbocycles. The first-order valence-corrected chi connectivity index (χ1v) is 10.2. The van der Waals surface area contributed by atoms with Crippen molar-refractivity contribution in [3.63, 3.8) is 0 Å². The predicted octanol–water partition coefficient (Wildman–Crippen LogP) is 3.05. The van der Waals surface area contributed by atoms with Gasteiger partial charge in [-0.05, 0) is 31.5 Å². The van der Waals surface area contributed by atoms with Crippen molar-refractivity contribution in [2.45, 2.75) is 25.9 Å². The lowest BCUT2D eigenvalue weighted by atomic mass is 10.1. The molecule has 4 rings (SSSR count). The summed E-state index contributed by atoms with van der Waals surface area (Å²) in [7, 11) is 0. The van der Waals surface area contributed by atoms with E-state index in [9.17, 15) is 4.39 Å². The van der Waals surface area contributed by atoms with Gasteiger partial charge in [-0.15, -0.1) is 0 Å². The smallest absolute Gasteiger partial charge is 0.227 e. The van der Waals surface area contributed by atoms with Crippen LogP contribution in [0.15, 0.2) is 48.9 Å². The molecule has 3 N–H and O–H groups in total. The van der Waals surface area contributed by atoms with E-state index in [4.69, 9.17) is 4.84 Å². The first kappa shape index (κ1) is 20.9. The van der Waals surface area contributed by atoms with Crippen molar-refractivity contribution in [2.75, 3.05) is 35.2 Å². The van der Waals surface area contributed by atoms with E-state index in [0.717, 1.165) is 24.5 Å². The summed E-state index contributed by atoms with van der Waals surface area (Å²) in [6, 6.07) is 8.39. The fraction of sp³-hybridized carbons (Fsp3) is 0.333. The lowest BCUT2D eigenvalue weighted by Crippen LogP contribution is -2.58. The third kappa shape index (κ3) is 5.41. The molecule has 1 aromatic carbocycles. The molecule has 162 valence electrons. The van der Waals surface area contributed by atoms with Crippen LogP contribution < -0.4 is 21.0 Å². The van der Waals surface area contributed by atoms with Crippen molar-refractivity contribution in [3.05, 3.63) is 60.3 Å². The molecule has 1 aliphatic rings. The highest BCUT2D eigenvalue weighted by Crippen LogP contribution is 2.26. The first-order chi connectivity index (χ1) is 15.1. The molecule has 9 nitrogen and oxygen atoms in total. The van der Waals surface area contributed by atoms with Crippen molar-refractivity contribution < 1.29 is 9.23 Å². The zero-order valence-electron chi connectivity index (χ0n) is 17.4. The standard InChI is InChI=1S/C21H25FN8O/c1-3-31-29-17-12-30(13-17)20-10-18(26-19-11-23-8-9-24-19)27-21(28-20)25-14(2)15-4-6-16(22)7-5-15/h4-11,14,17,29H,3,12-13H2,1-2H3,(H2,24,25,26,27,28)/t14-/m0/s1. The minimum Gasteiger partial charge on any atom is -0.353 e. The zero-order chi connectivity index (χ0) is 21.6. The van der Waals surface area contributed by atoms with Crippen molar-refractivity contribution in [3.8, 4) is 0 Å². The van der Waals surface area contributed by atoms with E-state index in [1.165, 1.54) is 12.1 Å². The van der Waals surface area contributed by atoms with Gasteiger partial charge in [0, 0.05) is 31.5 Å². The quantitative estimate of drug-likeness (QED) is 0.448. The first-order valence-electron chi connectivity index (χ1n) is 10.2. The largest absolute Gasteiger partial charge is 0.353 e.